The molecule has 9 nitrogen and oxygen atoms in total. The van der Waals surface area contributed by atoms with Crippen molar-refractivity contribution in [2.75, 3.05) is 35.4 Å². The van der Waals surface area contributed by atoms with Gasteiger partial charge in [-0.3, -0.25) is 9.59 Å². The third kappa shape index (κ3) is 4.04. The Hall–Kier alpha value is -2.88. The topological polar surface area (TPSA) is 111 Å². The van der Waals surface area contributed by atoms with Crippen LogP contribution in [-0.2, 0) is 19.4 Å². The molecular weight excluding hydrogens is 408 g/mol. The molecule has 4 rings (SSSR count). The van der Waals surface area contributed by atoms with Crippen molar-refractivity contribution in [2.45, 2.75) is 25.8 Å². The molecule has 2 amide bonds. The molecule has 3 heterocycles. The van der Waals surface area contributed by atoms with Gasteiger partial charge in [-0.25, -0.2) is 13.1 Å². The summed E-state index contributed by atoms with van der Waals surface area (Å²) in [6, 6.07) is 8.58. The van der Waals surface area contributed by atoms with Crippen molar-refractivity contribution in [3.63, 3.8) is 0 Å². The average molecular weight is 433 g/mol. The third-order valence-electron chi connectivity index (χ3n) is 5.52. The molecule has 2 atom stereocenters. The Bertz CT molecular complexity index is 1090. The predicted octanol–water partition coefficient (Wildman–Crippen LogP) is 1.55. The molecule has 2 aromatic rings. The van der Waals surface area contributed by atoms with E-state index in [0.717, 1.165) is 0 Å². The molecule has 2 fully saturated rings. The molecule has 10 heteroatoms. The number of nitrogens with zero attached hydrogens (tertiary/aromatic N) is 3. The standard InChI is InChI=1S/C20H24N4O5S/c1-13-8-18(24(22-13)16-6-7-30(27,28)12-16)21-20(26)14-9-19(25)23(11-14)15-4-3-5-17(10-15)29-2/h3-5,8,10,14,16H,6-7,9,11-12H2,1-2H3,(H,21,26). The number of hydrogen-bond acceptors (Lipinski definition) is 6. The maximum absolute atomic E-state index is 12.9. The number of nitrogens with one attached hydrogen (secondary N) is 1. The van der Waals surface area contributed by atoms with Crippen LogP contribution in [0, 0.1) is 12.8 Å². The molecule has 160 valence electrons. The Labute approximate surface area is 174 Å². The largest absolute Gasteiger partial charge is 0.497 e. The first-order valence-corrected chi connectivity index (χ1v) is 11.6. The van der Waals surface area contributed by atoms with Gasteiger partial charge in [-0.1, -0.05) is 6.07 Å². The number of hydrogen-bond donors (Lipinski definition) is 1. The van der Waals surface area contributed by atoms with Crippen LogP contribution >= 0.6 is 0 Å². The first-order valence-electron chi connectivity index (χ1n) is 9.77. The molecule has 0 bridgehead atoms. The molecule has 0 spiro atoms. The number of carbonyl (C=O) groups is 2. The van der Waals surface area contributed by atoms with Gasteiger partial charge in [-0.15, -0.1) is 0 Å². The monoisotopic (exact) mass is 432 g/mol. The van der Waals surface area contributed by atoms with E-state index in [0.29, 0.717) is 29.4 Å². The lowest BCUT2D eigenvalue weighted by Gasteiger charge is -2.18. The predicted molar refractivity (Wildman–Crippen MR) is 111 cm³/mol. The molecule has 30 heavy (non-hydrogen) atoms. The zero-order valence-corrected chi connectivity index (χ0v) is 17.7. The number of ether oxygens (including phenoxy) is 1. The van der Waals surface area contributed by atoms with E-state index in [4.69, 9.17) is 4.74 Å². The SMILES string of the molecule is COc1cccc(N2CC(C(=O)Nc3cc(C)nn3C3CCS(=O)(=O)C3)CC2=O)c1. The van der Waals surface area contributed by atoms with Crippen molar-refractivity contribution in [2.24, 2.45) is 5.92 Å². The van der Waals surface area contributed by atoms with E-state index in [9.17, 15) is 18.0 Å². The number of methoxy groups -OCH3 is 1. The van der Waals surface area contributed by atoms with Crippen LogP contribution in [0.4, 0.5) is 11.5 Å². The van der Waals surface area contributed by atoms with Crippen LogP contribution in [0.25, 0.3) is 0 Å². The second kappa shape index (κ2) is 7.75. The van der Waals surface area contributed by atoms with Crippen molar-refractivity contribution in [1.29, 1.82) is 0 Å². The zero-order valence-electron chi connectivity index (χ0n) is 16.9. The minimum atomic E-state index is -3.08. The van der Waals surface area contributed by atoms with Gasteiger partial charge < -0.3 is 15.0 Å². The summed E-state index contributed by atoms with van der Waals surface area (Å²) in [7, 11) is -1.52. The maximum atomic E-state index is 12.9. The number of rotatable bonds is 5. The third-order valence-corrected chi connectivity index (χ3v) is 7.27. The van der Waals surface area contributed by atoms with E-state index in [-0.39, 0.29) is 42.3 Å². The van der Waals surface area contributed by atoms with Crippen molar-refractivity contribution in [3.05, 3.63) is 36.0 Å². The lowest BCUT2D eigenvalue weighted by Crippen LogP contribution is -2.29. The summed E-state index contributed by atoms with van der Waals surface area (Å²) in [5.41, 5.74) is 1.38. The van der Waals surface area contributed by atoms with Gasteiger partial charge in [0.05, 0.1) is 36.3 Å². The molecule has 2 saturated heterocycles. The maximum Gasteiger partial charge on any atom is 0.230 e. The minimum Gasteiger partial charge on any atom is -0.497 e. The van der Waals surface area contributed by atoms with Gasteiger partial charge >= 0.3 is 0 Å². The summed E-state index contributed by atoms with van der Waals surface area (Å²) in [5, 5.41) is 7.24. The summed E-state index contributed by atoms with van der Waals surface area (Å²) < 4.78 is 30.5. The fourth-order valence-electron chi connectivity index (χ4n) is 4.00. The number of sulfone groups is 1. The Balaban J connectivity index is 1.48. The Morgan fingerprint density at radius 3 is 2.80 bits per heavy atom. The van der Waals surface area contributed by atoms with E-state index < -0.39 is 15.8 Å². The lowest BCUT2D eigenvalue weighted by molar-refractivity contribution is -0.122. The number of carbonyl (C=O) groups excluding carboxylic acids is 2. The second-order valence-corrected chi connectivity index (χ2v) is 10.00. The number of aryl methyl sites for hydroxylation is 1. The van der Waals surface area contributed by atoms with Crippen LogP contribution in [0.15, 0.2) is 30.3 Å². The number of benzene rings is 1. The van der Waals surface area contributed by atoms with E-state index in [1.807, 2.05) is 0 Å². The number of amides is 2. The lowest BCUT2D eigenvalue weighted by atomic mass is 10.1. The highest BCUT2D eigenvalue weighted by molar-refractivity contribution is 7.91. The normalized spacial score (nSPS) is 23.0. The summed E-state index contributed by atoms with van der Waals surface area (Å²) in [6.07, 6.45) is 0.575. The van der Waals surface area contributed by atoms with Gasteiger partial charge in [0.2, 0.25) is 11.8 Å². The highest BCUT2D eigenvalue weighted by Gasteiger charge is 2.36. The van der Waals surface area contributed by atoms with Gasteiger partial charge in [-0.05, 0) is 25.5 Å². The van der Waals surface area contributed by atoms with Crippen molar-refractivity contribution in [1.82, 2.24) is 9.78 Å². The molecule has 2 aliphatic heterocycles. The minimum absolute atomic E-state index is 0.0164. The molecular formula is C20H24N4O5S. The van der Waals surface area contributed by atoms with Crippen LogP contribution in [0.1, 0.15) is 24.6 Å². The van der Waals surface area contributed by atoms with Crippen molar-refractivity contribution >= 4 is 33.2 Å². The fourth-order valence-corrected chi connectivity index (χ4v) is 5.69. The van der Waals surface area contributed by atoms with Gasteiger partial charge in [0.1, 0.15) is 11.6 Å². The summed E-state index contributed by atoms with van der Waals surface area (Å²) in [6.45, 7) is 2.06. The molecule has 1 aromatic heterocycles. The number of aromatic nitrogens is 2. The van der Waals surface area contributed by atoms with E-state index in [2.05, 4.69) is 10.4 Å². The first kappa shape index (κ1) is 20.4. The quantitative estimate of drug-likeness (QED) is 0.768. The Morgan fingerprint density at radius 2 is 2.10 bits per heavy atom. The molecule has 1 N–H and O–H groups in total. The van der Waals surface area contributed by atoms with Crippen molar-refractivity contribution in [3.8, 4) is 5.75 Å². The number of anilines is 2. The summed E-state index contributed by atoms with van der Waals surface area (Å²) in [5.74, 6) is 0.315. The van der Waals surface area contributed by atoms with Crippen LogP contribution in [0.5, 0.6) is 5.75 Å². The van der Waals surface area contributed by atoms with Crippen LogP contribution in [0.2, 0.25) is 0 Å². The van der Waals surface area contributed by atoms with Crippen molar-refractivity contribution < 1.29 is 22.7 Å². The molecule has 0 saturated carbocycles. The Morgan fingerprint density at radius 1 is 1.30 bits per heavy atom. The summed E-state index contributed by atoms with van der Waals surface area (Å²) >= 11 is 0. The average Bonchev–Trinajstić information content (AvgIpc) is 3.38. The first-order chi connectivity index (χ1) is 14.3. The second-order valence-electron chi connectivity index (χ2n) is 7.77. The van der Waals surface area contributed by atoms with E-state index in [1.165, 1.54) is 0 Å². The molecule has 2 unspecified atom stereocenters. The van der Waals surface area contributed by atoms with Gasteiger partial charge in [0, 0.05) is 30.8 Å². The fraction of sp³-hybridized carbons (Fsp3) is 0.450. The van der Waals surface area contributed by atoms with Gasteiger partial charge in [0.15, 0.2) is 9.84 Å². The van der Waals surface area contributed by atoms with E-state index >= 15 is 0 Å². The Kier molecular flexibility index (Phi) is 5.27. The molecule has 2 aliphatic rings. The molecule has 0 radical (unpaired) electrons. The van der Waals surface area contributed by atoms with Crippen LogP contribution < -0.4 is 15.0 Å². The zero-order chi connectivity index (χ0) is 21.5. The highest BCUT2D eigenvalue weighted by Crippen LogP contribution is 2.30. The summed E-state index contributed by atoms with van der Waals surface area (Å²) in [4.78, 5) is 27.0. The van der Waals surface area contributed by atoms with Crippen LogP contribution in [-0.4, -0.2) is 55.2 Å². The molecule has 1 aromatic carbocycles. The van der Waals surface area contributed by atoms with Crippen LogP contribution in [0.3, 0.4) is 0 Å². The highest BCUT2D eigenvalue weighted by atomic mass is 32.2. The molecule has 0 aliphatic carbocycles. The van der Waals surface area contributed by atoms with E-state index in [1.54, 1.807) is 53.9 Å². The van der Waals surface area contributed by atoms with Gasteiger partial charge in [-0.2, -0.15) is 5.10 Å². The van der Waals surface area contributed by atoms with Gasteiger partial charge in [0.25, 0.3) is 0 Å². The smallest absolute Gasteiger partial charge is 0.230 e.